The molecule has 9 heteroatoms. The van der Waals surface area contributed by atoms with Gasteiger partial charge in [0.15, 0.2) is 0 Å². The van der Waals surface area contributed by atoms with E-state index in [1.807, 2.05) is 0 Å². The molecule has 0 radical (unpaired) electrons. The number of carbonyl (C=O) groups is 2. The molecule has 2 rings (SSSR count). The van der Waals surface area contributed by atoms with Gasteiger partial charge in [-0.15, -0.1) is 0 Å². The molecule has 0 bridgehead atoms. The molecule has 8 nitrogen and oxygen atoms in total. The summed E-state index contributed by atoms with van der Waals surface area (Å²) in [6.07, 6.45) is 1.91. The Hall–Kier alpha value is -2.13. The second-order valence-electron chi connectivity index (χ2n) is 6.64. The third-order valence-electron chi connectivity index (χ3n) is 4.42. The van der Waals surface area contributed by atoms with E-state index < -0.39 is 10.0 Å². The van der Waals surface area contributed by atoms with E-state index >= 15 is 0 Å². The van der Waals surface area contributed by atoms with E-state index in [-0.39, 0.29) is 29.2 Å². The van der Waals surface area contributed by atoms with Gasteiger partial charge in [0, 0.05) is 26.2 Å². The van der Waals surface area contributed by atoms with Crippen LogP contribution in [0, 0.1) is 5.92 Å². The SMILES string of the molecule is CCCS(=O)(=O)Nc1ccccc1C(=O)N1CCCC(C(=O)NCCN)C1. The summed E-state index contributed by atoms with van der Waals surface area (Å²) < 4.78 is 26.7. The third-order valence-corrected chi connectivity index (χ3v) is 5.90. The van der Waals surface area contributed by atoms with Gasteiger partial charge in [-0.3, -0.25) is 14.3 Å². The van der Waals surface area contributed by atoms with Crippen molar-refractivity contribution < 1.29 is 18.0 Å². The Kier molecular flexibility index (Phi) is 7.61. The Morgan fingerprint density at radius 2 is 2.04 bits per heavy atom. The molecule has 1 heterocycles. The number of para-hydroxylation sites is 1. The lowest BCUT2D eigenvalue weighted by Gasteiger charge is -2.32. The van der Waals surface area contributed by atoms with E-state index in [2.05, 4.69) is 10.0 Å². The van der Waals surface area contributed by atoms with Crippen LogP contribution in [0.3, 0.4) is 0 Å². The highest BCUT2D eigenvalue weighted by molar-refractivity contribution is 7.92. The van der Waals surface area contributed by atoms with Crippen molar-refractivity contribution in [2.45, 2.75) is 26.2 Å². The number of rotatable bonds is 8. The highest BCUT2D eigenvalue weighted by Crippen LogP contribution is 2.23. The van der Waals surface area contributed by atoms with Gasteiger partial charge >= 0.3 is 0 Å². The number of sulfonamides is 1. The molecule has 1 fully saturated rings. The number of hydrogen-bond donors (Lipinski definition) is 3. The minimum Gasteiger partial charge on any atom is -0.355 e. The van der Waals surface area contributed by atoms with Crippen LogP contribution in [0.2, 0.25) is 0 Å². The van der Waals surface area contributed by atoms with Crippen LogP contribution < -0.4 is 15.8 Å². The number of benzene rings is 1. The minimum absolute atomic E-state index is 0.0113. The van der Waals surface area contributed by atoms with Crippen molar-refractivity contribution in [2.75, 3.05) is 36.7 Å². The molecule has 1 unspecified atom stereocenters. The van der Waals surface area contributed by atoms with Gasteiger partial charge in [0.2, 0.25) is 15.9 Å². The highest BCUT2D eigenvalue weighted by atomic mass is 32.2. The van der Waals surface area contributed by atoms with Gasteiger partial charge in [0.1, 0.15) is 0 Å². The van der Waals surface area contributed by atoms with Gasteiger partial charge in [0.25, 0.3) is 5.91 Å². The Morgan fingerprint density at radius 3 is 2.74 bits per heavy atom. The lowest BCUT2D eigenvalue weighted by atomic mass is 9.96. The van der Waals surface area contributed by atoms with Crippen molar-refractivity contribution in [3.63, 3.8) is 0 Å². The molecule has 0 aromatic heterocycles. The van der Waals surface area contributed by atoms with E-state index in [1.165, 1.54) is 0 Å². The van der Waals surface area contributed by atoms with Crippen LogP contribution in [-0.4, -0.2) is 57.1 Å². The lowest BCUT2D eigenvalue weighted by Crippen LogP contribution is -2.46. The normalized spacial score (nSPS) is 17.4. The van der Waals surface area contributed by atoms with Gasteiger partial charge in [-0.05, 0) is 31.4 Å². The van der Waals surface area contributed by atoms with Crippen molar-refractivity contribution in [1.29, 1.82) is 0 Å². The topological polar surface area (TPSA) is 122 Å². The molecule has 2 amide bonds. The minimum atomic E-state index is -3.50. The zero-order valence-corrected chi connectivity index (χ0v) is 16.4. The number of nitrogens with two attached hydrogens (primary N) is 1. The number of hydrogen-bond acceptors (Lipinski definition) is 5. The second kappa shape index (κ2) is 9.70. The summed E-state index contributed by atoms with van der Waals surface area (Å²) in [7, 11) is -3.50. The first kappa shape index (κ1) is 21.2. The van der Waals surface area contributed by atoms with Crippen molar-refractivity contribution >= 4 is 27.5 Å². The fourth-order valence-corrected chi connectivity index (χ4v) is 4.28. The molecular formula is C18H28N4O4S. The van der Waals surface area contributed by atoms with E-state index in [1.54, 1.807) is 36.1 Å². The first-order valence-electron chi connectivity index (χ1n) is 9.24. The first-order valence-corrected chi connectivity index (χ1v) is 10.9. The van der Waals surface area contributed by atoms with Crippen LogP contribution in [0.5, 0.6) is 0 Å². The second-order valence-corrected chi connectivity index (χ2v) is 8.48. The fourth-order valence-electron chi connectivity index (χ4n) is 3.13. The van der Waals surface area contributed by atoms with Gasteiger partial charge in [-0.2, -0.15) is 0 Å². The Morgan fingerprint density at radius 1 is 1.30 bits per heavy atom. The van der Waals surface area contributed by atoms with E-state index in [0.29, 0.717) is 44.6 Å². The maximum atomic E-state index is 13.0. The van der Waals surface area contributed by atoms with Crippen molar-refractivity contribution in [3.8, 4) is 0 Å². The summed E-state index contributed by atoms with van der Waals surface area (Å²) in [6, 6.07) is 6.56. The van der Waals surface area contributed by atoms with Gasteiger partial charge in [0.05, 0.1) is 22.9 Å². The molecule has 1 aromatic rings. The summed E-state index contributed by atoms with van der Waals surface area (Å²) in [4.78, 5) is 26.8. The predicted octanol–water partition coefficient (Wildman–Crippen LogP) is 0.765. The average Bonchev–Trinajstić information content (AvgIpc) is 2.65. The summed E-state index contributed by atoms with van der Waals surface area (Å²) in [5.41, 5.74) is 5.97. The summed E-state index contributed by atoms with van der Waals surface area (Å²) in [5.74, 6) is -0.669. The molecule has 1 atom stereocenters. The smallest absolute Gasteiger partial charge is 0.256 e. The molecule has 1 aromatic carbocycles. The van der Waals surface area contributed by atoms with Crippen LogP contribution in [0.4, 0.5) is 5.69 Å². The molecule has 0 aliphatic carbocycles. The lowest BCUT2D eigenvalue weighted by molar-refractivity contribution is -0.126. The summed E-state index contributed by atoms with van der Waals surface area (Å²) >= 11 is 0. The van der Waals surface area contributed by atoms with Crippen LogP contribution >= 0.6 is 0 Å². The number of anilines is 1. The van der Waals surface area contributed by atoms with E-state index in [4.69, 9.17) is 5.73 Å². The Bertz CT molecular complexity index is 766. The number of nitrogens with zero attached hydrogens (tertiary/aromatic N) is 1. The van der Waals surface area contributed by atoms with Crippen LogP contribution in [0.1, 0.15) is 36.5 Å². The maximum absolute atomic E-state index is 13.0. The third kappa shape index (κ3) is 5.93. The van der Waals surface area contributed by atoms with Crippen LogP contribution in [0.25, 0.3) is 0 Å². The molecule has 4 N–H and O–H groups in total. The zero-order valence-electron chi connectivity index (χ0n) is 15.6. The molecule has 1 aliphatic rings. The molecule has 150 valence electrons. The first-order chi connectivity index (χ1) is 12.9. The average molecular weight is 397 g/mol. The van der Waals surface area contributed by atoms with Crippen molar-refractivity contribution in [2.24, 2.45) is 11.7 Å². The van der Waals surface area contributed by atoms with Crippen LogP contribution in [0.15, 0.2) is 24.3 Å². The quantitative estimate of drug-likeness (QED) is 0.599. The standard InChI is InChI=1S/C18H28N4O4S/c1-2-12-27(25,26)21-16-8-4-3-7-15(16)18(24)22-11-5-6-14(13-22)17(23)20-10-9-19/h3-4,7-8,14,21H,2,5-6,9-13,19H2,1H3,(H,20,23). The summed E-state index contributed by atoms with van der Waals surface area (Å²) in [5, 5.41) is 2.76. The van der Waals surface area contributed by atoms with Crippen LogP contribution in [-0.2, 0) is 14.8 Å². The van der Waals surface area contributed by atoms with E-state index in [9.17, 15) is 18.0 Å². The number of piperidine rings is 1. The predicted molar refractivity (Wildman–Crippen MR) is 105 cm³/mol. The van der Waals surface area contributed by atoms with Gasteiger partial charge in [-0.25, -0.2) is 8.42 Å². The zero-order chi connectivity index (χ0) is 19.9. The molecule has 27 heavy (non-hydrogen) atoms. The fraction of sp³-hybridized carbons (Fsp3) is 0.556. The van der Waals surface area contributed by atoms with Gasteiger partial charge in [-0.1, -0.05) is 19.1 Å². The molecule has 1 saturated heterocycles. The molecular weight excluding hydrogens is 368 g/mol. The Balaban J connectivity index is 2.14. The summed E-state index contributed by atoms with van der Waals surface area (Å²) in [6.45, 7) is 3.40. The van der Waals surface area contributed by atoms with Crippen molar-refractivity contribution in [3.05, 3.63) is 29.8 Å². The number of carbonyl (C=O) groups excluding carboxylic acids is 2. The number of nitrogens with one attached hydrogen (secondary N) is 2. The van der Waals surface area contributed by atoms with E-state index in [0.717, 1.165) is 6.42 Å². The largest absolute Gasteiger partial charge is 0.355 e. The highest BCUT2D eigenvalue weighted by Gasteiger charge is 2.30. The van der Waals surface area contributed by atoms with Crippen molar-refractivity contribution in [1.82, 2.24) is 10.2 Å². The number of likely N-dealkylation sites (tertiary alicyclic amines) is 1. The monoisotopic (exact) mass is 396 g/mol. The Labute approximate surface area is 160 Å². The molecule has 0 saturated carbocycles. The molecule has 1 aliphatic heterocycles. The van der Waals surface area contributed by atoms with Gasteiger partial charge < -0.3 is 16.0 Å². The molecule has 0 spiro atoms. The number of amides is 2. The maximum Gasteiger partial charge on any atom is 0.256 e.